The molecule has 0 atom stereocenters. The van der Waals surface area contributed by atoms with Crippen molar-refractivity contribution in [2.24, 2.45) is 10.2 Å². The smallest absolute Gasteiger partial charge is 0.246 e. The number of phenols is 1. The second kappa shape index (κ2) is 9.05. The van der Waals surface area contributed by atoms with Crippen molar-refractivity contribution in [1.29, 1.82) is 5.26 Å². The van der Waals surface area contributed by atoms with Crippen molar-refractivity contribution in [2.75, 3.05) is 19.3 Å². The maximum absolute atomic E-state index is 12.8. The monoisotopic (exact) mass is 462 g/mol. The van der Waals surface area contributed by atoms with Crippen LogP contribution in [0.1, 0.15) is 19.4 Å². The molecule has 12 heteroatoms. The number of phenolic OH excluding ortho intramolecular Hbond substituents is 1. The molecule has 156 valence electrons. The van der Waals surface area contributed by atoms with Crippen LogP contribution in [0.3, 0.4) is 0 Å². The first-order valence-corrected chi connectivity index (χ1v) is 12.3. The Morgan fingerprint density at radius 2 is 2.03 bits per heavy atom. The number of hydrogen-bond acceptors (Lipinski definition) is 10. The van der Waals surface area contributed by atoms with Crippen molar-refractivity contribution < 1.29 is 13.5 Å². The van der Waals surface area contributed by atoms with Gasteiger partial charge >= 0.3 is 0 Å². The second-order valence-electron chi connectivity index (χ2n) is 5.95. The molecule has 0 spiro atoms. The summed E-state index contributed by atoms with van der Waals surface area (Å²) in [5.41, 5.74) is 1.15. The summed E-state index contributed by atoms with van der Waals surface area (Å²) in [7, 11) is -3.85. The average molecular weight is 463 g/mol. The molecule has 1 N–H and O–H groups in total. The van der Waals surface area contributed by atoms with Crippen LogP contribution in [0.4, 0.5) is 10.7 Å². The highest BCUT2D eigenvalue weighted by Gasteiger charge is 2.25. The van der Waals surface area contributed by atoms with Crippen molar-refractivity contribution >= 4 is 54.9 Å². The standard InChI is InChI=1S/C18H18N6O3S3/c1-4-24(5-2)30(26,27)15-8-11(6-7-14(15)25)21-22-18-13-10-20-17(28-3)12(9-19)16(13)23-29-18/h6-8,10,25H,4-5H2,1-3H3/b22-21+. The summed E-state index contributed by atoms with van der Waals surface area (Å²) >= 11 is 2.43. The summed E-state index contributed by atoms with van der Waals surface area (Å²) < 4.78 is 31.0. The summed E-state index contributed by atoms with van der Waals surface area (Å²) in [6.45, 7) is 4.01. The van der Waals surface area contributed by atoms with Gasteiger partial charge in [-0.1, -0.05) is 13.8 Å². The van der Waals surface area contributed by atoms with Crippen LogP contribution < -0.4 is 0 Å². The van der Waals surface area contributed by atoms with Crippen LogP contribution in [0.15, 0.2) is 44.5 Å². The molecule has 9 nitrogen and oxygen atoms in total. The number of nitriles is 1. The van der Waals surface area contributed by atoms with E-state index in [1.165, 1.54) is 34.3 Å². The molecule has 0 aliphatic rings. The van der Waals surface area contributed by atoms with Gasteiger partial charge in [-0.05, 0) is 36.0 Å². The predicted molar refractivity (Wildman–Crippen MR) is 116 cm³/mol. The van der Waals surface area contributed by atoms with Gasteiger partial charge in [-0.3, -0.25) is 0 Å². The quantitative estimate of drug-likeness (QED) is 0.405. The Hall–Kier alpha value is -2.59. The molecule has 3 rings (SSSR count). The van der Waals surface area contributed by atoms with E-state index in [4.69, 9.17) is 0 Å². The van der Waals surface area contributed by atoms with Gasteiger partial charge in [0, 0.05) is 19.3 Å². The lowest BCUT2D eigenvalue weighted by atomic mass is 10.2. The van der Waals surface area contributed by atoms with E-state index in [9.17, 15) is 18.8 Å². The first-order chi connectivity index (χ1) is 14.4. The molecule has 2 heterocycles. The molecule has 0 aliphatic heterocycles. The van der Waals surface area contributed by atoms with Crippen LogP contribution >= 0.6 is 23.3 Å². The molecular formula is C18H18N6O3S3. The van der Waals surface area contributed by atoms with E-state index in [1.807, 2.05) is 6.26 Å². The molecule has 3 aromatic rings. The van der Waals surface area contributed by atoms with Crippen molar-refractivity contribution in [3.8, 4) is 11.8 Å². The van der Waals surface area contributed by atoms with Crippen LogP contribution in [0.5, 0.6) is 5.75 Å². The summed E-state index contributed by atoms with van der Waals surface area (Å²) in [6, 6.07) is 6.14. The molecule has 1 aromatic carbocycles. The Morgan fingerprint density at radius 1 is 1.30 bits per heavy atom. The van der Waals surface area contributed by atoms with Gasteiger partial charge in [0.25, 0.3) is 0 Å². The fourth-order valence-electron chi connectivity index (χ4n) is 2.78. The van der Waals surface area contributed by atoms with Gasteiger partial charge in [0.1, 0.15) is 32.8 Å². The first-order valence-electron chi connectivity index (χ1n) is 8.84. The molecule has 0 amide bonds. The number of pyridine rings is 1. The second-order valence-corrected chi connectivity index (χ2v) is 9.40. The van der Waals surface area contributed by atoms with Gasteiger partial charge in [0.05, 0.1) is 11.1 Å². The molecule has 0 unspecified atom stereocenters. The normalized spacial score (nSPS) is 12.1. The van der Waals surface area contributed by atoms with Gasteiger partial charge in [-0.2, -0.15) is 13.9 Å². The largest absolute Gasteiger partial charge is 0.507 e. The van der Waals surface area contributed by atoms with E-state index >= 15 is 0 Å². The molecule has 0 aliphatic carbocycles. The van der Waals surface area contributed by atoms with Crippen LogP contribution in [0, 0.1) is 11.3 Å². The molecule has 0 fully saturated rings. The van der Waals surface area contributed by atoms with E-state index in [1.54, 1.807) is 20.0 Å². The number of benzene rings is 1. The first kappa shape index (κ1) is 22.1. The van der Waals surface area contributed by atoms with Crippen molar-refractivity contribution in [3.63, 3.8) is 0 Å². The highest BCUT2D eigenvalue weighted by atomic mass is 32.2. The number of aromatic hydroxyl groups is 1. The predicted octanol–water partition coefficient (Wildman–Crippen LogP) is 4.44. The Kier molecular flexibility index (Phi) is 6.67. The average Bonchev–Trinajstić information content (AvgIpc) is 3.16. The van der Waals surface area contributed by atoms with Crippen LogP contribution in [0.2, 0.25) is 0 Å². The van der Waals surface area contributed by atoms with Crippen LogP contribution in [0.25, 0.3) is 10.9 Å². The fraction of sp³-hybridized carbons (Fsp3) is 0.278. The number of sulfonamides is 1. The van der Waals surface area contributed by atoms with Crippen LogP contribution in [-0.2, 0) is 10.0 Å². The summed E-state index contributed by atoms with van der Waals surface area (Å²) in [5.74, 6) is -0.350. The third-order valence-corrected chi connectivity index (χ3v) is 7.82. The van der Waals surface area contributed by atoms with E-state index in [0.29, 0.717) is 26.5 Å². The highest BCUT2D eigenvalue weighted by Crippen LogP contribution is 2.36. The third kappa shape index (κ3) is 4.01. The number of aromatic nitrogens is 2. The zero-order valence-electron chi connectivity index (χ0n) is 16.4. The van der Waals surface area contributed by atoms with Gasteiger partial charge in [0.2, 0.25) is 10.0 Å². The molecule has 30 heavy (non-hydrogen) atoms. The van der Waals surface area contributed by atoms with E-state index in [-0.39, 0.29) is 29.4 Å². The SMILES string of the molecule is CCN(CC)S(=O)(=O)c1cc(/N=N/c2snc3c(C#N)c(SC)ncc23)ccc1O. The van der Waals surface area contributed by atoms with Crippen molar-refractivity contribution in [1.82, 2.24) is 13.7 Å². The summed E-state index contributed by atoms with van der Waals surface area (Å²) in [6.07, 6.45) is 3.42. The number of azo groups is 1. The molecule has 0 saturated carbocycles. The lowest BCUT2D eigenvalue weighted by molar-refractivity contribution is 0.429. The minimum atomic E-state index is -3.85. The lowest BCUT2D eigenvalue weighted by Gasteiger charge is -2.19. The third-order valence-electron chi connectivity index (χ3n) is 4.30. The molecule has 0 bridgehead atoms. The number of nitrogens with zero attached hydrogens (tertiary/aromatic N) is 6. The van der Waals surface area contributed by atoms with E-state index in [2.05, 4.69) is 25.7 Å². The zero-order valence-corrected chi connectivity index (χ0v) is 18.8. The van der Waals surface area contributed by atoms with E-state index in [0.717, 1.165) is 11.5 Å². The number of fused-ring (bicyclic) bond motifs is 1. The minimum Gasteiger partial charge on any atom is -0.507 e. The molecule has 2 aromatic heterocycles. The topological polar surface area (TPSA) is 132 Å². The van der Waals surface area contributed by atoms with Gasteiger partial charge < -0.3 is 5.11 Å². The maximum Gasteiger partial charge on any atom is 0.246 e. The molecule has 0 radical (unpaired) electrons. The van der Waals surface area contributed by atoms with Crippen LogP contribution in [-0.4, -0.2) is 46.5 Å². The highest BCUT2D eigenvalue weighted by molar-refractivity contribution is 7.98. The van der Waals surface area contributed by atoms with Gasteiger partial charge in [0.15, 0.2) is 5.00 Å². The van der Waals surface area contributed by atoms with Crippen molar-refractivity contribution in [3.05, 3.63) is 30.0 Å². The number of thioether (sulfide) groups is 1. The zero-order chi connectivity index (χ0) is 21.9. The number of rotatable bonds is 7. The minimum absolute atomic E-state index is 0.227. The summed E-state index contributed by atoms with van der Waals surface area (Å²) in [4.78, 5) is 4.04. The molecule has 0 saturated heterocycles. The van der Waals surface area contributed by atoms with Crippen molar-refractivity contribution in [2.45, 2.75) is 23.8 Å². The Balaban J connectivity index is 2.01. The van der Waals surface area contributed by atoms with E-state index < -0.39 is 10.0 Å². The molecular weight excluding hydrogens is 444 g/mol. The maximum atomic E-state index is 12.8. The van der Waals surface area contributed by atoms with Gasteiger partial charge in [-0.25, -0.2) is 13.4 Å². The Bertz CT molecular complexity index is 1260. The Labute approximate surface area is 182 Å². The number of hydrogen-bond donors (Lipinski definition) is 1. The lowest BCUT2D eigenvalue weighted by Crippen LogP contribution is -2.30. The van der Waals surface area contributed by atoms with Gasteiger partial charge in [-0.15, -0.1) is 22.0 Å². The Morgan fingerprint density at radius 3 is 2.67 bits per heavy atom. The fourth-order valence-corrected chi connectivity index (χ4v) is 5.54. The summed E-state index contributed by atoms with van der Waals surface area (Å²) in [5, 5.41) is 29.4.